The molecule has 0 saturated carbocycles. The van der Waals surface area contributed by atoms with Crippen LogP contribution in [0, 0.1) is 6.92 Å². The van der Waals surface area contributed by atoms with E-state index in [9.17, 15) is 9.59 Å². The summed E-state index contributed by atoms with van der Waals surface area (Å²) in [4.78, 5) is 26.4. The van der Waals surface area contributed by atoms with Crippen LogP contribution in [0.25, 0.3) is 0 Å². The molecule has 0 radical (unpaired) electrons. The van der Waals surface area contributed by atoms with Gasteiger partial charge < -0.3 is 15.4 Å². The van der Waals surface area contributed by atoms with Crippen molar-refractivity contribution < 1.29 is 14.3 Å². The number of aryl methyl sites for hydroxylation is 1. The van der Waals surface area contributed by atoms with Crippen molar-refractivity contribution >= 4 is 34.8 Å². The van der Waals surface area contributed by atoms with Crippen LogP contribution in [0.1, 0.15) is 30.9 Å². The molecule has 0 atom stereocenters. The van der Waals surface area contributed by atoms with Gasteiger partial charge in [0.15, 0.2) is 0 Å². The van der Waals surface area contributed by atoms with Gasteiger partial charge in [0.2, 0.25) is 11.8 Å². The molecule has 2 aliphatic heterocycles. The number of ether oxygens (including phenoxy) is 1. The second-order valence-corrected chi connectivity index (χ2v) is 8.51. The summed E-state index contributed by atoms with van der Waals surface area (Å²) in [5, 5.41) is 6.50. The van der Waals surface area contributed by atoms with Crippen molar-refractivity contribution in [1.82, 2.24) is 4.90 Å². The van der Waals surface area contributed by atoms with E-state index in [0.29, 0.717) is 11.6 Å². The maximum atomic E-state index is 12.7. The van der Waals surface area contributed by atoms with Crippen molar-refractivity contribution in [1.29, 1.82) is 0 Å². The van der Waals surface area contributed by atoms with Gasteiger partial charge in [-0.05, 0) is 68.2 Å². The fourth-order valence-electron chi connectivity index (χ4n) is 4.35. The zero-order valence-electron chi connectivity index (χ0n) is 17.3. The molecule has 2 aromatic rings. The number of hydrogen-bond donors (Lipinski definition) is 2. The van der Waals surface area contributed by atoms with Crippen LogP contribution < -0.4 is 15.4 Å². The van der Waals surface area contributed by atoms with Gasteiger partial charge in [0.1, 0.15) is 12.4 Å². The summed E-state index contributed by atoms with van der Waals surface area (Å²) in [6.07, 6.45) is 1.53. The number of amides is 2. The van der Waals surface area contributed by atoms with Gasteiger partial charge in [0.05, 0.1) is 5.41 Å². The van der Waals surface area contributed by atoms with E-state index in [4.69, 9.17) is 16.3 Å². The lowest BCUT2D eigenvalue weighted by atomic mass is 9.73. The maximum Gasteiger partial charge on any atom is 0.235 e. The van der Waals surface area contributed by atoms with E-state index in [1.165, 1.54) is 6.92 Å². The molecule has 2 heterocycles. The first-order valence-corrected chi connectivity index (χ1v) is 10.6. The molecule has 0 unspecified atom stereocenters. The Hall–Kier alpha value is -2.57. The van der Waals surface area contributed by atoms with Gasteiger partial charge in [-0.25, -0.2) is 0 Å². The Kier molecular flexibility index (Phi) is 5.71. The third kappa shape index (κ3) is 4.02. The summed E-state index contributed by atoms with van der Waals surface area (Å²) in [6.45, 7) is 6.42. The van der Waals surface area contributed by atoms with E-state index in [0.717, 1.165) is 60.7 Å². The highest BCUT2D eigenvalue weighted by atomic mass is 35.5. The van der Waals surface area contributed by atoms with E-state index in [1.54, 1.807) is 0 Å². The minimum Gasteiger partial charge on any atom is -0.492 e. The van der Waals surface area contributed by atoms with Crippen molar-refractivity contribution in [2.75, 3.05) is 36.9 Å². The molecule has 0 bridgehead atoms. The zero-order chi connectivity index (χ0) is 21.3. The molecule has 1 saturated heterocycles. The number of anilines is 2. The average Bonchev–Trinajstić information content (AvgIpc) is 2.97. The lowest BCUT2D eigenvalue weighted by Gasteiger charge is -2.38. The second kappa shape index (κ2) is 8.28. The predicted octanol–water partition coefficient (Wildman–Crippen LogP) is 3.97. The molecule has 158 valence electrons. The van der Waals surface area contributed by atoms with Gasteiger partial charge in [-0.3, -0.25) is 14.5 Å². The van der Waals surface area contributed by atoms with Gasteiger partial charge in [0.25, 0.3) is 0 Å². The Labute approximate surface area is 181 Å². The van der Waals surface area contributed by atoms with Gasteiger partial charge in [-0.2, -0.15) is 0 Å². The number of nitrogens with zero attached hydrogens (tertiary/aromatic N) is 1. The highest BCUT2D eigenvalue weighted by Crippen LogP contribution is 2.45. The van der Waals surface area contributed by atoms with Gasteiger partial charge in [0, 0.05) is 35.9 Å². The quantitative estimate of drug-likeness (QED) is 0.757. The van der Waals surface area contributed by atoms with E-state index in [1.807, 2.05) is 43.3 Å². The van der Waals surface area contributed by atoms with E-state index in [-0.39, 0.29) is 11.8 Å². The molecule has 0 aromatic heterocycles. The largest absolute Gasteiger partial charge is 0.492 e. The molecule has 6 nitrogen and oxygen atoms in total. The standard InChI is InChI=1S/C23H26ClN3O3/c1-15-3-5-18(14-21(15)25-16(2)28)30-12-11-27-9-7-23(8-10-27)19-13-17(24)4-6-20(19)26-22(23)29/h3-6,13-14H,7-12H2,1-2H3,(H,25,28)(H,26,29). The molecule has 1 spiro atoms. The van der Waals surface area contributed by atoms with Crippen LogP contribution in [0.3, 0.4) is 0 Å². The Bertz CT molecular complexity index is 984. The molecule has 7 heteroatoms. The van der Waals surface area contributed by atoms with Crippen LogP contribution in [-0.4, -0.2) is 43.0 Å². The summed E-state index contributed by atoms with van der Waals surface area (Å²) in [5.41, 5.74) is 3.21. The van der Waals surface area contributed by atoms with Crippen molar-refractivity contribution in [2.24, 2.45) is 0 Å². The van der Waals surface area contributed by atoms with Gasteiger partial charge in [-0.15, -0.1) is 0 Å². The van der Waals surface area contributed by atoms with Crippen molar-refractivity contribution in [2.45, 2.75) is 32.1 Å². The molecular weight excluding hydrogens is 402 g/mol. The molecule has 2 aromatic carbocycles. The van der Waals surface area contributed by atoms with Crippen LogP contribution in [-0.2, 0) is 15.0 Å². The molecule has 30 heavy (non-hydrogen) atoms. The number of carbonyl (C=O) groups is 2. The normalized spacial score (nSPS) is 17.5. The number of likely N-dealkylation sites (tertiary alicyclic amines) is 1. The third-order valence-corrected chi connectivity index (χ3v) is 6.32. The maximum absolute atomic E-state index is 12.7. The first-order chi connectivity index (χ1) is 14.4. The van der Waals surface area contributed by atoms with Crippen LogP contribution in [0.5, 0.6) is 5.75 Å². The lowest BCUT2D eigenvalue weighted by molar-refractivity contribution is -0.122. The summed E-state index contributed by atoms with van der Waals surface area (Å²) < 4.78 is 5.91. The molecule has 2 N–H and O–H groups in total. The average molecular weight is 428 g/mol. The highest BCUT2D eigenvalue weighted by molar-refractivity contribution is 6.31. The summed E-state index contributed by atoms with van der Waals surface area (Å²) in [5.74, 6) is 0.716. The van der Waals surface area contributed by atoms with Crippen LogP contribution in [0.4, 0.5) is 11.4 Å². The molecule has 0 aliphatic carbocycles. The Morgan fingerprint density at radius 3 is 2.73 bits per heavy atom. The molecule has 2 aliphatic rings. The number of carbonyl (C=O) groups excluding carboxylic acids is 2. The van der Waals surface area contributed by atoms with Gasteiger partial charge >= 0.3 is 0 Å². The summed E-state index contributed by atoms with van der Waals surface area (Å²) in [7, 11) is 0. The monoisotopic (exact) mass is 427 g/mol. The molecule has 2 amide bonds. The second-order valence-electron chi connectivity index (χ2n) is 8.07. The zero-order valence-corrected chi connectivity index (χ0v) is 18.0. The molecule has 4 rings (SSSR count). The minimum absolute atomic E-state index is 0.0841. The molecule has 1 fully saturated rings. The Balaban J connectivity index is 1.33. The summed E-state index contributed by atoms with van der Waals surface area (Å²) in [6, 6.07) is 11.3. The van der Waals surface area contributed by atoms with Crippen molar-refractivity contribution in [3.8, 4) is 5.75 Å². The van der Waals surface area contributed by atoms with Gasteiger partial charge in [-0.1, -0.05) is 17.7 Å². The summed E-state index contributed by atoms with van der Waals surface area (Å²) >= 11 is 6.19. The SMILES string of the molecule is CC(=O)Nc1cc(OCCN2CCC3(CC2)C(=O)Nc2ccc(Cl)cc23)ccc1C. The van der Waals surface area contributed by atoms with E-state index in [2.05, 4.69) is 15.5 Å². The number of nitrogens with one attached hydrogen (secondary N) is 2. The van der Waals surface area contributed by atoms with E-state index < -0.39 is 5.41 Å². The first-order valence-electron chi connectivity index (χ1n) is 10.2. The number of rotatable bonds is 5. The van der Waals surface area contributed by atoms with E-state index >= 15 is 0 Å². The topological polar surface area (TPSA) is 70.7 Å². The number of hydrogen-bond acceptors (Lipinski definition) is 4. The smallest absolute Gasteiger partial charge is 0.235 e. The fourth-order valence-corrected chi connectivity index (χ4v) is 4.52. The third-order valence-electron chi connectivity index (χ3n) is 6.09. The fraction of sp³-hybridized carbons (Fsp3) is 0.391. The Morgan fingerprint density at radius 2 is 2.00 bits per heavy atom. The van der Waals surface area contributed by atoms with Crippen LogP contribution >= 0.6 is 11.6 Å². The number of fused-ring (bicyclic) bond motifs is 2. The highest BCUT2D eigenvalue weighted by Gasteiger charge is 2.48. The Morgan fingerprint density at radius 1 is 1.23 bits per heavy atom. The van der Waals surface area contributed by atoms with Crippen molar-refractivity contribution in [3.63, 3.8) is 0 Å². The van der Waals surface area contributed by atoms with Crippen LogP contribution in [0.15, 0.2) is 36.4 Å². The predicted molar refractivity (Wildman–Crippen MR) is 118 cm³/mol. The minimum atomic E-state index is -0.470. The number of halogens is 1. The first kappa shape index (κ1) is 20.7. The molecular formula is C23H26ClN3O3. The van der Waals surface area contributed by atoms with Crippen LogP contribution in [0.2, 0.25) is 5.02 Å². The van der Waals surface area contributed by atoms with Crippen molar-refractivity contribution in [3.05, 3.63) is 52.5 Å². The number of piperidine rings is 1. The number of benzene rings is 2. The lowest BCUT2D eigenvalue weighted by Crippen LogP contribution is -2.47.